The Morgan fingerprint density at radius 3 is 3.00 bits per heavy atom. The van der Waals surface area contributed by atoms with Gasteiger partial charge in [0, 0.05) is 17.1 Å². The molecule has 1 aliphatic heterocycles. The van der Waals surface area contributed by atoms with Crippen molar-refractivity contribution in [3.63, 3.8) is 0 Å². The Hall–Kier alpha value is -1.28. The molecular formula is C14H15NS. The summed E-state index contributed by atoms with van der Waals surface area (Å²) in [6.45, 7) is 4.44. The topological polar surface area (TPSA) is 3.24 Å². The van der Waals surface area contributed by atoms with Gasteiger partial charge in [-0.1, -0.05) is 24.3 Å². The van der Waals surface area contributed by atoms with Crippen molar-refractivity contribution in [1.82, 2.24) is 0 Å². The fourth-order valence-corrected chi connectivity index (χ4v) is 3.21. The maximum atomic E-state index is 2.51. The van der Waals surface area contributed by atoms with E-state index in [-0.39, 0.29) is 0 Å². The molecule has 0 amide bonds. The third-order valence-electron chi connectivity index (χ3n) is 3.22. The minimum atomic E-state index is 1.06. The maximum absolute atomic E-state index is 2.51. The van der Waals surface area contributed by atoms with E-state index in [0.29, 0.717) is 0 Å². The lowest BCUT2D eigenvalue weighted by Gasteiger charge is -2.20. The standard InChI is InChI=1S/C14H15NS/c1-11-4-2-5-12-7-8-15(14(11)12)10-13-6-3-9-16-13/h2-6,9H,7-8,10H2,1H3. The quantitative estimate of drug-likeness (QED) is 0.760. The van der Waals surface area contributed by atoms with Crippen molar-refractivity contribution in [2.45, 2.75) is 19.9 Å². The van der Waals surface area contributed by atoms with Crippen LogP contribution >= 0.6 is 11.3 Å². The summed E-state index contributed by atoms with van der Waals surface area (Å²) < 4.78 is 0. The molecule has 1 aromatic heterocycles. The molecule has 2 aromatic rings. The summed E-state index contributed by atoms with van der Waals surface area (Å²) in [6.07, 6.45) is 1.20. The van der Waals surface area contributed by atoms with E-state index in [9.17, 15) is 0 Å². The lowest BCUT2D eigenvalue weighted by molar-refractivity contribution is 0.844. The van der Waals surface area contributed by atoms with E-state index in [1.807, 2.05) is 11.3 Å². The van der Waals surface area contributed by atoms with E-state index < -0.39 is 0 Å². The number of hydrogen-bond acceptors (Lipinski definition) is 2. The highest BCUT2D eigenvalue weighted by molar-refractivity contribution is 7.09. The molecule has 1 aliphatic rings. The van der Waals surface area contributed by atoms with E-state index in [1.54, 1.807) is 0 Å². The van der Waals surface area contributed by atoms with E-state index in [4.69, 9.17) is 0 Å². The summed E-state index contributed by atoms with van der Waals surface area (Å²) in [4.78, 5) is 3.97. The molecule has 3 rings (SSSR count). The molecule has 0 saturated carbocycles. The molecule has 0 radical (unpaired) electrons. The highest BCUT2D eigenvalue weighted by Gasteiger charge is 2.20. The normalized spacial score (nSPS) is 14.2. The van der Waals surface area contributed by atoms with Crippen LogP contribution in [0.2, 0.25) is 0 Å². The Bertz CT molecular complexity index is 487. The van der Waals surface area contributed by atoms with Gasteiger partial charge in [0.25, 0.3) is 0 Å². The molecule has 0 saturated heterocycles. The summed E-state index contributed by atoms with van der Waals surface area (Å²) in [5.41, 5.74) is 4.39. The predicted molar refractivity (Wildman–Crippen MR) is 70.3 cm³/mol. The van der Waals surface area contributed by atoms with Crippen LogP contribution in [0, 0.1) is 6.92 Å². The predicted octanol–water partition coefficient (Wildman–Crippen LogP) is 3.62. The lowest BCUT2D eigenvalue weighted by Crippen LogP contribution is -2.19. The number of benzene rings is 1. The van der Waals surface area contributed by atoms with E-state index >= 15 is 0 Å². The second-order valence-corrected chi connectivity index (χ2v) is 5.37. The largest absolute Gasteiger partial charge is 0.366 e. The second-order valence-electron chi connectivity index (χ2n) is 4.33. The first-order valence-electron chi connectivity index (χ1n) is 5.70. The summed E-state index contributed by atoms with van der Waals surface area (Å²) in [5.74, 6) is 0. The van der Waals surface area contributed by atoms with Crippen LogP contribution in [-0.2, 0) is 13.0 Å². The molecule has 0 fully saturated rings. The van der Waals surface area contributed by atoms with Gasteiger partial charge in [0.05, 0.1) is 6.54 Å². The number of hydrogen-bond donors (Lipinski definition) is 0. The van der Waals surface area contributed by atoms with Gasteiger partial charge < -0.3 is 4.90 Å². The number of aryl methyl sites for hydroxylation is 1. The van der Waals surface area contributed by atoms with Crippen molar-refractivity contribution in [2.75, 3.05) is 11.4 Å². The van der Waals surface area contributed by atoms with Gasteiger partial charge in [-0.3, -0.25) is 0 Å². The van der Waals surface area contributed by atoms with Crippen LogP contribution in [0.3, 0.4) is 0 Å². The second kappa shape index (κ2) is 3.95. The Balaban J connectivity index is 1.91. The van der Waals surface area contributed by atoms with Gasteiger partial charge in [0.1, 0.15) is 0 Å². The molecule has 16 heavy (non-hydrogen) atoms. The Labute approximate surface area is 100 Å². The molecule has 0 atom stereocenters. The molecule has 0 N–H and O–H groups in total. The van der Waals surface area contributed by atoms with Gasteiger partial charge in [-0.25, -0.2) is 0 Å². The third-order valence-corrected chi connectivity index (χ3v) is 4.08. The highest BCUT2D eigenvalue weighted by atomic mass is 32.1. The van der Waals surface area contributed by atoms with Crippen LogP contribution < -0.4 is 4.90 Å². The zero-order valence-electron chi connectivity index (χ0n) is 9.44. The van der Waals surface area contributed by atoms with Crippen molar-refractivity contribution in [3.8, 4) is 0 Å². The molecule has 0 aliphatic carbocycles. The first-order chi connectivity index (χ1) is 7.84. The van der Waals surface area contributed by atoms with Gasteiger partial charge in [-0.05, 0) is 35.9 Å². The van der Waals surface area contributed by atoms with E-state index in [2.05, 4.69) is 47.5 Å². The zero-order valence-corrected chi connectivity index (χ0v) is 10.3. The average Bonchev–Trinajstić information content (AvgIpc) is 2.90. The summed E-state index contributed by atoms with van der Waals surface area (Å²) in [5, 5.41) is 2.16. The van der Waals surface area contributed by atoms with Crippen LogP contribution in [0.1, 0.15) is 16.0 Å². The number of para-hydroxylation sites is 1. The number of thiophene rings is 1. The van der Waals surface area contributed by atoms with Crippen LogP contribution in [0.4, 0.5) is 5.69 Å². The highest BCUT2D eigenvalue weighted by Crippen LogP contribution is 2.32. The third kappa shape index (κ3) is 1.63. The molecule has 2 heterocycles. The van der Waals surface area contributed by atoms with E-state index in [1.165, 1.54) is 28.1 Å². The van der Waals surface area contributed by atoms with Crippen molar-refractivity contribution in [3.05, 3.63) is 51.7 Å². The summed E-state index contributed by atoms with van der Waals surface area (Å²) in [7, 11) is 0. The molecule has 0 bridgehead atoms. The Morgan fingerprint density at radius 2 is 2.19 bits per heavy atom. The average molecular weight is 229 g/mol. The SMILES string of the molecule is Cc1cccc2c1N(Cc1cccs1)CC2. The monoisotopic (exact) mass is 229 g/mol. The van der Waals surface area contributed by atoms with E-state index in [0.717, 1.165) is 13.1 Å². The van der Waals surface area contributed by atoms with Crippen LogP contribution in [0.15, 0.2) is 35.7 Å². The van der Waals surface area contributed by atoms with Crippen molar-refractivity contribution < 1.29 is 0 Å². The number of anilines is 1. The van der Waals surface area contributed by atoms with Crippen LogP contribution in [0.5, 0.6) is 0 Å². The van der Waals surface area contributed by atoms with Gasteiger partial charge in [-0.2, -0.15) is 0 Å². The Kier molecular flexibility index (Phi) is 2.44. The minimum Gasteiger partial charge on any atom is -0.366 e. The number of nitrogens with zero attached hydrogens (tertiary/aromatic N) is 1. The lowest BCUT2D eigenvalue weighted by atomic mass is 10.1. The first-order valence-corrected chi connectivity index (χ1v) is 6.58. The molecule has 1 nitrogen and oxygen atoms in total. The van der Waals surface area contributed by atoms with Crippen LogP contribution in [0.25, 0.3) is 0 Å². The first kappa shape index (κ1) is 9.91. The molecule has 82 valence electrons. The van der Waals surface area contributed by atoms with Gasteiger partial charge >= 0.3 is 0 Å². The van der Waals surface area contributed by atoms with Crippen molar-refractivity contribution in [2.24, 2.45) is 0 Å². The van der Waals surface area contributed by atoms with Gasteiger partial charge in [-0.15, -0.1) is 11.3 Å². The number of fused-ring (bicyclic) bond motifs is 1. The maximum Gasteiger partial charge on any atom is 0.0523 e. The fraction of sp³-hybridized carbons (Fsp3) is 0.286. The minimum absolute atomic E-state index is 1.06. The van der Waals surface area contributed by atoms with Crippen molar-refractivity contribution >= 4 is 17.0 Å². The molecular weight excluding hydrogens is 214 g/mol. The van der Waals surface area contributed by atoms with Crippen LogP contribution in [-0.4, -0.2) is 6.54 Å². The molecule has 0 spiro atoms. The molecule has 2 heteroatoms. The Morgan fingerprint density at radius 1 is 1.25 bits per heavy atom. The van der Waals surface area contributed by atoms with Crippen molar-refractivity contribution in [1.29, 1.82) is 0 Å². The summed E-state index contributed by atoms with van der Waals surface area (Å²) >= 11 is 1.85. The molecule has 0 unspecified atom stereocenters. The number of rotatable bonds is 2. The zero-order chi connectivity index (χ0) is 11.0. The van der Waals surface area contributed by atoms with Gasteiger partial charge in [0.2, 0.25) is 0 Å². The smallest absolute Gasteiger partial charge is 0.0523 e. The fourth-order valence-electron chi connectivity index (χ4n) is 2.49. The molecule has 1 aromatic carbocycles. The summed E-state index contributed by atoms with van der Waals surface area (Å²) in [6, 6.07) is 11.0. The van der Waals surface area contributed by atoms with Gasteiger partial charge in [0.15, 0.2) is 0 Å².